The van der Waals surface area contributed by atoms with E-state index >= 15 is 0 Å². The van der Waals surface area contributed by atoms with E-state index in [1.54, 1.807) is 0 Å². The summed E-state index contributed by atoms with van der Waals surface area (Å²) in [7, 11) is 0. The monoisotopic (exact) mass is 154 g/mol. The summed E-state index contributed by atoms with van der Waals surface area (Å²) >= 11 is 0. The molecular weight excluding hydrogens is 143 g/mol. The zero-order chi connectivity index (χ0) is 8.48. The zero-order valence-corrected chi connectivity index (χ0v) is 6.93. The zero-order valence-electron chi connectivity index (χ0n) is 6.93. The molecular formula is C8H11FN2. The summed E-state index contributed by atoms with van der Waals surface area (Å²) in [5.41, 5.74) is 0.339. The highest BCUT2D eigenvalue weighted by Crippen LogP contribution is 2.22. The summed E-state index contributed by atoms with van der Waals surface area (Å²) < 4.78 is 12.9. The molecule has 0 unspecified atom stereocenters. The highest BCUT2D eigenvalue weighted by atomic mass is 19.1. The van der Waals surface area contributed by atoms with Crippen molar-refractivity contribution < 1.29 is 4.39 Å². The van der Waals surface area contributed by atoms with Gasteiger partial charge in [-0.1, -0.05) is 20.8 Å². The molecule has 0 atom stereocenters. The molecule has 1 rings (SSSR count). The minimum atomic E-state index is -0.424. The lowest BCUT2D eigenvalue weighted by atomic mass is 9.89. The van der Waals surface area contributed by atoms with E-state index in [1.807, 2.05) is 20.8 Å². The Morgan fingerprint density at radius 3 is 2.36 bits per heavy atom. The van der Waals surface area contributed by atoms with Crippen molar-refractivity contribution in [3.8, 4) is 0 Å². The van der Waals surface area contributed by atoms with Gasteiger partial charge in [-0.25, -0.2) is 9.97 Å². The molecule has 1 heterocycles. The fourth-order valence-corrected chi connectivity index (χ4v) is 0.818. The van der Waals surface area contributed by atoms with Gasteiger partial charge in [-0.15, -0.1) is 0 Å². The van der Waals surface area contributed by atoms with E-state index in [9.17, 15) is 4.39 Å². The predicted octanol–water partition coefficient (Wildman–Crippen LogP) is 1.91. The summed E-state index contributed by atoms with van der Waals surface area (Å²) in [6.45, 7) is 5.78. The van der Waals surface area contributed by atoms with Crippen molar-refractivity contribution in [3.05, 3.63) is 24.0 Å². The van der Waals surface area contributed by atoms with Crippen LogP contribution in [-0.2, 0) is 5.41 Å². The molecule has 1 aromatic rings. The number of nitrogens with zero attached hydrogens (tertiary/aromatic N) is 2. The van der Waals surface area contributed by atoms with Gasteiger partial charge in [0.25, 0.3) is 0 Å². The fraction of sp³-hybridized carbons (Fsp3) is 0.500. The minimum absolute atomic E-state index is 0.217. The Morgan fingerprint density at radius 2 is 2.00 bits per heavy atom. The summed E-state index contributed by atoms with van der Waals surface area (Å²) in [5, 5.41) is 0. The van der Waals surface area contributed by atoms with Gasteiger partial charge in [-0.2, -0.15) is 4.39 Å². The lowest BCUT2D eigenvalue weighted by Crippen LogP contribution is -2.14. The van der Waals surface area contributed by atoms with Crippen molar-refractivity contribution in [2.24, 2.45) is 0 Å². The maximum absolute atomic E-state index is 12.9. The first-order valence-electron chi connectivity index (χ1n) is 3.48. The van der Waals surface area contributed by atoms with Gasteiger partial charge < -0.3 is 0 Å². The van der Waals surface area contributed by atoms with Gasteiger partial charge in [-0.05, 0) is 5.41 Å². The highest BCUT2D eigenvalue weighted by molar-refractivity contribution is 5.15. The highest BCUT2D eigenvalue weighted by Gasteiger charge is 2.18. The topological polar surface area (TPSA) is 25.8 Å². The van der Waals surface area contributed by atoms with Crippen LogP contribution >= 0.6 is 0 Å². The molecule has 11 heavy (non-hydrogen) atoms. The number of rotatable bonds is 0. The Labute approximate surface area is 65.5 Å². The minimum Gasteiger partial charge on any atom is -0.244 e. The molecule has 1 aromatic heterocycles. The van der Waals surface area contributed by atoms with Crippen molar-refractivity contribution >= 4 is 0 Å². The number of halogens is 1. The second kappa shape index (κ2) is 2.57. The molecule has 0 aliphatic rings. The number of aromatic nitrogens is 2. The second-order valence-corrected chi connectivity index (χ2v) is 3.48. The van der Waals surface area contributed by atoms with Crippen LogP contribution in [0.3, 0.4) is 0 Å². The molecule has 0 aliphatic carbocycles. The largest absolute Gasteiger partial charge is 0.244 e. The van der Waals surface area contributed by atoms with E-state index < -0.39 is 5.95 Å². The molecule has 0 N–H and O–H groups in total. The van der Waals surface area contributed by atoms with E-state index in [-0.39, 0.29) is 5.41 Å². The Hall–Kier alpha value is -0.990. The Balaban J connectivity index is 3.14. The molecule has 0 bridgehead atoms. The smallest absolute Gasteiger partial charge is 0.219 e. The first kappa shape index (κ1) is 8.11. The molecule has 0 radical (unpaired) electrons. The number of hydrogen-bond donors (Lipinski definition) is 0. The number of hydrogen-bond acceptors (Lipinski definition) is 2. The molecule has 0 fully saturated rings. The lowest BCUT2D eigenvalue weighted by molar-refractivity contribution is 0.494. The predicted molar refractivity (Wildman–Crippen MR) is 40.7 cm³/mol. The van der Waals surface area contributed by atoms with E-state index in [1.165, 1.54) is 12.5 Å². The Bertz CT molecular complexity index is 253. The molecule has 0 amide bonds. The first-order chi connectivity index (χ1) is 5.02. The van der Waals surface area contributed by atoms with Crippen molar-refractivity contribution in [2.75, 3.05) is 0 Å². The SMILES string of the molecule is CC(C)(C)c1cncnc1F. The van der Waals surface area contributed by atoms with Crippen molar-refractivity contribution in [3.63, 3.8) is 0 Å². The van der Waals surface area contributed by atoms with E-state index in [0.29, 0.717) is 5.56 Å². The molecule has 0 aliphatic heterocycles. The van der Waals surface area contributed by atoms with Crippen LogP contribution < -0.4 is 0 Å². The summed E-state index contributed by atoms with van der Waals surface area (Å²) in [4.78, 5) is 7.23. The van der Waals surface area contributed by atoms with Crippen LogP contribution in [0.15, 0.2) is 12.5 Å². The quantitative estimate of drug-likeness (QED) is 0.533. The van der Waals surface area contributed by atoms with Crippen LogP contribution in [0.5, 0.6) is 0 Å². The average molecular weight is 154 g/mol. The Morgan fingerprint density at radius 1 is 1.36 bits per heavy atom. The van der Waals surface area contributed by atoms with Gasteiger partial charge in [0.05, 0.1) is 0 Å². The molecule has 0 aromatic carbocycles. The maximum Gasteiger partial charge on any atom is 0.219 e. The van der Waals surface area contributed by atoms with Crippen LogP contribution in [0, 0.1) is 5.95 Å². The second-order valence-electron chi connectivity index (χ2n) is 3.48. The molecule has 2 nitrogen and oxygen atoms in total. The van der Waals surface area contributed by atoms with Crippen LogP contribution in [-0.4, -0.2) is 9.97 Å². The molecule has 0 saturated heterocycles. The maximum atomic E-state index is 12.9. The van der Waals surface area contributed by atoms with Crippen LogP contribution in [0.1, 0.15) is 26.3 Å². The van der Waals surface area contributed by atoms with Crippen LogP contribution in [0.2, 0.25) is 0 Å². The molecule has 0 saturated carbocycles. The van der Waals surface area contributed by atoms with Crippen molar-refractivity contribution in [2.45, 2.75) is 26.2 Å². The third-order valence-electron chi connectivity index (χ3n) is 1.47. The van der Waals surface area contributed by atoms with Gasteiger partial charge in [-0.3, -0.25) is 0 Å². The molecule has 3 heteroatoms. The van der Waals surface area contributed by atoms with Crippen LogP contribution in [0.4, 0.5) is 4.39 Å². The third-order valence-corrected chi connectivity index (χ3v) is 1.47. The summed E-state index contributed by atoms with van der Waals surface area (Å²) in [6, 6.07) is 0. The third kappa shape index (κ3) is 1.73. The first-order valence-corrected chi connectivity index (χ1v) is 3.48. The standard InChI is InChI=1S/C8H11FN2/c1-8(2,3)6-4-10-5-11-7(6)9/h4-5H,1-3H3. The van der Waals surface area contributed by atoms with Gasteiger partial charge in [0, 0.05) is 11.8 Å². The van der Waals surface area contributed by atoms with Gasteiger partial charge in [0.2, 0.25) is 5.95 Å². The van der Waals surface area contributed by atoms with E-state index in [0.717, 1.165) is 0 Å². The Kier molecular flexibility index (Phi) is 1.89. The lowest BCUT2D eigenvalue weighted by Gasteiger charge is -2.17. The van der Waals surface area contributed by atoms with E-state index in [4.69, 9.17) is 0 Å². The van der Waals surface area contributed by atoms with Gasteiger partial charge >= 0.3 is 0 Å². The summed E-state index contributed by atoms with van der Waals surface area (Å²) in [5.74, 6) is -0.424. The summed E-state index contributed by atoms with van der Waals surface area (Å²) in [6.07, 6.45) is 2.73. The van der Waals surface area contributed by atoms with Crippen molar-refractivity contribution in [1.82, 2.24) is 9.97 Å². The molecule has 0 spiro atoms. The van der Waals surface area contributed by atoms with Crippen molar-refractivity contribution in [1.29, 1.82) is 0 Å². The molecule has 60 valence electrons. The normalized spacial score (nSPS) is 11.6. The average Bonchev–Trinajstić information content (AvgIpc) is 1.86. The fourth-order valence-electron chi connectivity index (χ4n) is 0.818. The van der Waals surface area contributed by atoms with Crippen LogP contribution in [0.25, 0.3) is 0 Å². The van der Waals surface area contributed by atoms with E-state index in [2.05, 4.69) is 9.97 Å². The van der Waals surface area contributed by atoms with Gasteiger partial charge in [0.15, 0.2) is 0 Å². The van der Waals surface area contributed by atoms with Gasteiger partial charge in [0.1, 0.15) is 6.33 Å².